The zero-order valence-electron chi connectivity index (χ0n) is 18.1. The van der Waals surface area contributed by atoms with E-state index in [-0.39, 0.29) is 17.9 Å². The molecule has 6 heteroatoms. The molecule has 30 heavy (non-hydrogen) atoms. The number of hydrogen-bond acceptors (Lipinski definition) is 5. The minimum absolute atomic E-state index is 0.113. The van der Waals surface area contributed by atoms with Crippen LogP contribution in [0.1, 0.15) is 45.1 Å². The lowest BCUT2D eigenvalue weighted by Crippen LogP contribution is -2.38. The van der Waals surface area contributed by atoms with Gasteiger partial charge >= 0.3 is 0 Å². The monoisotopic (exact) mass is 411 g/mol. The average Bonchev–Trinajstić information content (AvgIpc) is 2.74. The predicted molar refractivity (Wildman–Crippen MR) is 121 cm³/mol. The molecular formula is C24H33N3O3. The van der Waals surface area contributed by atoms with Crippen LogP contribution in [0.4, 0.5) is 11.4 Å². The highest BCUT2D eigenvalue weighted by Gasteiger charge is 2.26. The fraction of sp³-hybridized carbons (Fsp3) is 0.458. The lowest BCUT2D eigenvalue weighted by atomic mass is 9.85. The Hall–Kier alpha value is -2.89. The summed E-state index contributed by atoms with van der Waals surface area (Å²) in [6, 6.07) is 14.0. The summed E-state index contributed by atoms with van der Waals surface area (Å²) in [6.07, 6.45) is 3.69. The number of benzene rings is 2. The van der Waals surface area contributed by atoms with Gasteiger partial charge in [-0.05, 0) is 69.4 Å². The topological polar surface area (TPSA) is 85.6 Å². The first kappa shape index (κ1) is 21.8. The summed E-state index contributed by atoms with van der Waals surface area (Å²) >= 11 is 0. The number of carbonyl (C=O) groups is 1. The largest absolute Gasteiger partial charge is 0.497 e. The molecule has 0 atom stereocenters. The molecule has 6 nitrogen and oxygen atoms in total. The molecule has 0 aliphatic heterocycles. The van der Waals surface area contributed by atoms with E-state index in [9.17, 15) is 4.79 Å². The molecule has 0 saturated heterocycles. The van der Waals surface area contributed by atoms with E-state index in [1.165, 1.54) is 0 Å². The van der Waals surface area contributed by atoms with Crippen molar-refractivity contribution < 1.29 is 14.3 Å². The number of nitrogens with one attached hydrogen (secondary N) is 2. The molecule has 0 unspecified atom stereocenters. The molecule has 0 heterocycles. The van der Waals surface area contributed by atoms with Crippen molar-refractivity contribution in [1.29, 1.82) is 0 Å². The second kappa shape index (κ2) is 10.2. The number of amides is 1. The van der Waals surface area contributed by atoms with Gasteiger partial charge < -0.3 is 25.8 Å². The van der Waals surface area contributed by atoms with E-state index in [2.05, 4.69) is 10.6 Å². The molecule has 1 aliphatic rings. The summed E-state index contributed by atoms with van der Waals surface area (Å²) < 4.78 is 11.1. The van der Waals surface area contributed by atoms with Gasteiger partial charge in [0.2, 0.25) is 5.91 Å². The Kier molecular flexibility index (Phi) is 7.44. The van der Waals surface area contributed by atoms with Gasteiger partial charge in [-0.2, -0.15) is 0 Å². The third kappa shape index (κ3) is 6.05. The van der Waals surface area contributed by atoms with Crippen molar-refractivity contribution in [2.45, 2.75) is 58.2 Å². The molecule has 0 bridgehead atoms. The number of carbonyl (C=O) groups excluding carboxylic acids is 1. The Morgan fingerprint density at radius 2 is 1.73 bits per heavy atom. The highest BCUT2D eigenvalue weighted by Crippen LogP contribution is 2.31. The van der Waals surface area contributed by atoms with Crippen molar-refractivity contribution in [1.82, 2.24) is 5.32 Å². The number of nitrogen functional groups attached to an aromatic ring is 1. The molecule has 1 aliphatic carbocycles. The second-order valence-corrected chi connectivity index (χ2v) is 8.24. The fourth-order valence-corrected chi connectivity index (χ4v) is 3.76. The number of rotatable bonds is 8. The van der Waals surface area contributed by atoms with Gasteiger partial charge in [-0.25, -0.2) is 0 Å². The van der Waals surface area contributed by atoms with Gasteiger partial charge in [0.15, 0.2) is 0 Å². The van der Waals surface area contributed by atoms with Crippen LogP contribution in [0, 0.1) is 5.92 Å². The van der Waals surface area contributed by atoms with Crippen molar-refractivity contribution in [2.75, 3.05) is 18.2 Å². The lowest BCUT2D eigenvalue weighted by Gasteiger charge is -2.30. The maximum absolute atomic E-state index is 12.2. The van der Waals surface area contributed by atoms with Gasteiger partial charge in [-0.1, -0.05) is 12.1 Å². The highest BCUT2D eigenvalue weighted by atomic mass is 16.5. The maximum atomic E-state index is 12.2. The Morgan fingerprint density at radius 1 is 1.07 bits per heavy atom. The Morgan fingerprint density at radius 3 is 2.37 bits per heavy atom. The molecule has 3 rings (SSSR count). The molecule has 1 amide bonds. The third-order valence-corrected chi connectivity index (χ3v) is 5.48. The van der Waals surface area contributed by atoms with Crippen molar-refractivity contribution in [2.24, 2.45) is 5.92 Å². The summed E-state index contributed by atoms with van der Waals surface area (Å²) in [5.74, 6) is 1.89. The van der Waals surface area contributed by atoms with E-state index in [1.807, 2.05) is 56.3 Å². The van der Waals surface area contributed by atoms with Gasteiger partial charge in [-0.3, -0.25) is 4.79 Å². The van der Waals surface area contributed by atoms with Crippen LogP contribution >= 0.6 is 0 Å². The van der Waals surface area contributed by atoms with Crippen molar-refractivity contribution >= 4 is 17.3 Å². The third-order valence-electron chi connectivity index (χ3n) is 5.48. The van der Waals surface area contributed by atoms with Crippen LogP contribution in [-0.2, 0) is 11.4 Å². The van der Waals surface area contributed by atoms with Gasteiger partial charge in [0.1, 0.15) is 18.1 Å². The molecule has 2 aromatic carbocycles. The van der Waals surface area contributed by atoms with Crippen LogP contribution < -0.4 is 25.8 Å². The van der Waals surface area contributed by atoms with Crippen molar-refractivity contribution in [3.05, 3.63) is 48.0 Å². The first-order valence-corrected chi connectivity index (χ1v) is 10.7. The van der Waals surface area contributed by atoms with Crippen LogP contribution in [0.5, 0.6) is 11.5 Å². The van der Waals surface area contributed by atoms with Crippen LogP contribution in [0.3, 0.4) is 0 Å². The molecule has 162 valence electrons. The highest BCUT2D eigenvalue weighted by molar-refractivity contribution is 5.79. The molecule has 4 N–H and O–H groups in total. The molecule has 1 fully saturated rings. The lowest BCUT2D eigenvalue weighted by molar-refractivity contribution is -0.126. The van der Waals surface area contributed by atoms with E-state index >= 15 is 0 Å². The number of anilines is 2. The smallest absolute Gasteiger partial charge is 0.223 e. The van der Waals surface area contributed by atoms with Crippen LogP contribution in [0.25, 0.3) is 0 Å². The van der Waals surface area contributed by atoms with Crippen LogP contribution in [-0.4, -0.2) is 25.1 Å². The van der Waals surface area contributed by atoms with Gasteiger partial charge in [0, 0.05) is 24.1 Å². The van der Waals surface area contributed by atoms with E-state index in [0.717, 1.165) is 48.4 Å². The van der Waals surface area contributed by atoms with Gasteiger partial charge in [0.25, 0.3) is 0 Å². The number of methoxy groups -OCH3 is 1. The molecule has 0 aromatic heterocycles. The SMILES string of the molecule is COc1ccc(COc2ccc(N)c(N[C@H]3CC[C@@H](C(=O)NC(C)C)CC3)c2)cc1. The minimum Gasteiger partial charge on any atom is -0.497 e. The predicted octanol–water partition coefficient (Wildman–Crippen LogP) is 4.35. The van der Waals surface area contributed by atoms with Gasteiger partial charge in [0.05, 0.1) is 18.5 Å². The van der Waals surface area contributed by atoms with Crippen molar-refractivity contribution in [3.63, 3.8) is 0 Å². The first-order valence-electron chi connectivity index (χ1n) is 10.7. The number of ether oxygens (including phenoxy) is 2. The Bertz CT molecular complexity index is 828. The number of hydrogen-bond donors (Lipinski definition) is 3. The molecule has 0 spiro atoms. The van der Waals surface area contributed by atoms with E-state index in [0.29, 0.717) is 18.3 Å². The molecule has 1 saturated carbocycles. The summed E-state index contributed by atoms with van der Waals surface area (Å²) in [5, 5.41) is 6.57. The summed E-state index contributed by atoms with van der Waals surface area (Å²) in [7, 11) is 1.65. The zero-order chi connectivity index (χ0) is 21.5. The Labute approximate surface area is 179 Å². The number of nitrogens with two attached hydrogens (primary N) is 1. The van der Waals surface area contributed by atoms with Crippen molar-refractivity contribution in [3.8, 4) is 11.5 Å². The second-order valence-electron chi connectivity index (χ2n) is 8.24. The Balaban J connectivity index is 1.53. The molecular weight excluding hydrogens is 378 g/mol. The van der Waals surface area contributed by atoms with Crippen LogP contribution in [0.2, 0.25) is 0 Å². The standard InChI is InChI=1S/C24H33N3O3/c1-16(2)26-24(28)18-6-8-19(9-7-18)27-23-14-21(12-13-22(23)25)30-15-17-4-10-20(29-3)11-5-17/h4-5,10-14,16,18-19,27H,6-9,15,25H2,1-3H3,(H,26,28)/t18-,19+. The fourth-order valence-electron chi connectivity index (χ4n) is 3.76. The molecule has 0 radical (unpaired) electrons. The summed E-state index contributed by atoms with van der Waals surface area (Å²) in [6.45, 7) is 4.47. The normalized spacial score (nSPS) is 18.7. The van der Waals surface area contributed by atoms with Gasteiger partial charge in [-0.15, -0.1) is 0 Å². The van der Waals surface area contributed by atoms with E-state index in [4.69, 9.17) is 15.2 Å². The van der Waals surface area contributed by atoms with Crippen LogP contribution in [0.15, 0.2) is 42.5 Å². The van der Waals surface area contributed by atoms with E-state index < -0.39 is 0 Å². The first-order chi connectivity index (χ1) is 14.4. The summed E-state index contributed by atoms with van der Waals surface area (Å²) in [5.41, 5.74) is 8.84. The molecule has 2 aromatic rings. The van der Waals surface area contributed by atoms with E-state index in [1.54, 1.807) is 7.11 Å². The maximum Gasteiger partial charge on any atom is 0.223 e. The quantitative estimate of drug-likeness (QED) is 0.562. The summed E-state index contributed by atoms with van der Waals surface area (Å²) in [4.78, 5) is 12.2. The minimum atomic E-state index is 0.113. The zero-order valence-corrected chi connectivity index (χ0v) is 18.1. The average molecular weight is 412 g/mol.